The molecule has 1 saturated heterocycles. The monoisotopic (exact) mass is 319 g/mol. The highest BCUT2D eigenvalue weighted by molar-refractivity contribution is 5.94. The summed E-state index contributed by atoms with van der Waals surface area (Å²) in [4.78, 5) is 26.0. The molecule has 126 valence electrons. The molecule has 1 aromatic carbocycles. The third-order valence-electron chi connectivity index (χ3n) is 3.97. The van der Waals surface area contributed by atoms with Crippen molar-refractivity contribution in [1.29, 1.82) is 0 Å². The number of urea groups is 1. The number of carbonyl (C=O) groups is 2. The Bertz CT molecular complexity index is 540. The van der Waals surface area contributed by atoms with Gasteiger partial charge in [-0.2, -0.15) is 0 Å². The molecule has 6 nitrogen and oxygen atoms in total. The minimum Gasteiger partial charge on any atom is -0.497 e. The van der Waals surface area contributed by atoms with Crippen LogP contribution in [0.3, 0.4) is 0 Å². The lowest BCUT2D eigenvalue weighted by Crippen LogP contribution is -2.49. The first-order valence-electron chi connectivity index (χ1n) is 8.11. The van der Waals surface area contributed by atoms with E-state index in [1.807, 2.05) is 24.0 Å². The Morgan fingerprint density at radius 1 is 1.30 bits per heavy atom. The van der Waals surface area contributed by atoms with E-state index in [9.17, 15) is 9.59 Å². The highest BCUT2D eigenvalue weighted by atomic mass is 16.5. The predicted molar refractivity (Wildman–Crippen MR) is 88.7 cm³/mol. The van der Waals surface area contributed by atoms with Crippen molar-refractivity contribution in [3.8, 4) is 5.75 Å². The van der Waals surface area contributed by atoms with E-state index >= 15 is 0 Å². The quantitative estimate of drug-likeness (QED) is 0.872. The zero-order valence-electron chi connectivity index (χ0n) is 13.8. The Kier molecular flexibility index (Phi) is 6.26. The molecule has 1 aromatic rings. The molecule has 0 spiro atoms. The number of carbonyl (C=O) groups excluding carboxylic acids is 2. The van der Waals surface area contributed by atoms with Gasteiger partial charge in [-0.05, 0) is 37.5 Å². The van der Waals surface area contributed by atoms with Crippen molar-refractivity contribution in [2.45, 2.75) is 32.2 Å². The van der Waals surface area contributed by atoms with Crippen LogP contribution in [0, 0.1) is 0 Å². The largest absolute Gasteiger partial charge is 0.497 e. The van der Waals surface area contributed by atoms with Crippen molar-refractivity contribution in [1.82, 2.24) is 15.5 Å². The summed E-state index contributed by atoms with van der Waals surface area (Å²) in [5.41, 5.74) is 0.636. The van der Waals surface area contributed by atoms with Crippen LogP contribution in [0.4, 0.5) is 4.79 Å². The Morgan fingerprint density at radius 3 is 2.70 bits per heavy atom. The Labute approximate surface area is 137 Å². The van der Waals surface area contributed by atoms with Crippen LogP contribution in [-0.4, -0.2) is 49.6 Å². The summed E-state index contributed by atoms with van der Waals surface area (Å²) >= 11 is 0. The van der Waals surface area contributed by atoms with Gasteiger partial charge >= 0.3 is 6.03 Å². The molecule has 2 rings (SSSR count). The predicted octanol–water partition coefficient (Wildman–Crippen LogP) is 2.01. The van der Waals surface area contributed by atoms with Crippen molar-refractivity contribution < 1.29 is 14.3 Å². The van der Waals surface area contributed by atoms with E-state index in [2.05, 4.69) is 10.6 Å². The Morgan fingerprint density at radius 2 is 2.04 bits per heavy atom. The summed E-state index contributed by atoms with van der Waals surface area (Å²) < 4.78 is 5.16. The summed E-state index contributed by atoms with van der Waals surface area (Å²) in [7, 11) is 1.59. The molecule has 0 bridgehead atoms. The van der Waals surface area contributed by atoms with Crippen LogP contribution in [0.25, 0.3) is 0 Å². The molecule has 1 fully saturated rings. The normalized spacial score (nSPS) is 15.1. The summed E-state index contributed by atoms with van der Waals surface area (Å²) in [6.07, 6.45) is 2.46. The fraction of sp³-hybridized carbons (Fsp3) is 0.529. The van der Waals surface area contributed by atoms with Gasteiger partial charge in [-0.1, -0.05) is 13.0 Å². The number of benzene rings is 1. The van der Waals surface area contributed by atoms with Crippen LogP contribution in [0.1, 0.15) is 36.5 Å². The van der Waals surface area contributed by atoms with E-state index in [1.165, 1.54) is 0 Å². The van der Waals surface area contributed by atoms with E-state index in [0.717, 1.165) is 19.3 Å². The molecule has 0 aromatic heterocycles. The number of piperidine rings is 1. The number of nitrogens with one attached hydrogen (secondary N) is 2. The standard InChI is InChI=1S/C17H25N3O3/c1-3-9-18-17(22)19-14-7-10-20(11-8-14)16(21)13-5-4-6-15(12-13)23-2/h4-6,12,14H,3,7-11H2,1-2H3,(H2,18,19,22). The average molecular weight is 319 g/mol. The van der Waals surface area contributed by atoms with E-state index in [0.29, 0.717) is 30.9 Å². The van der Waals surface area contributed by atoms with Crippen molar-refractivity contribution >= 4 is 11.9 Å². The smallest absolute Gasteiger partial charge is 0.315 e. The van der Waals surface area contributed by atoms with Crippen molar-refractivity contribution in [3.05, 3.63) is 29.8 Å². The fourth-order valence-corrected chi connectivity index (χ4v) is 2.64. The lowest BCUT2D eigenvalue weighted by molar-refractivity contribution is 0.0708. The average Bonchev–Trinajstić information content (AvgIpc) is 2.60. The number of likely N-dealkylation sites (tertiary alicyclic amines) is 1. The summed E-state index contributed by atoms with van der Waals surface area (Å²) in [5, 5.41) is 5.77. The highest BCUT2D eigenvalue weighted by Gasteiger charge is 2.24. The van der Waals surface area contributed by atoms with Gasteiger partial charge in [0.2, 0.25) is 0 Å². The molecule has 1 aliphatic rings. The second kappa shape index (κ2) is 8.41. The molecule has 2 N–H and O–H groups in total. The Balaban J connectivity index is 1.83. The van der Waals surface area contributed by atoms with Gasteiger partial charge < -0.3 is 20.3 Å². The van der Waals surface area contributed by atoms with Crippen LogP contribution in [0.2, 0.25) is 0 Å². The zero-order valence-corrected chi connectivity index (χ0v) is 13.8. The molecule has 0 saturated carbocycles. The van der Waals surface area contributed by atoms with Gasteiger partial charge in [-0.25, -0.2) is 4.79 Å². The summed E-state index contributed by atoms with van der Waals surface area (Å²) in [6, 6.07) is 7.20. The molecule has 0 unspecified atom stereocenters. The highest BCUT2D eigenvalue weighted by Crippen LogP contribution is 2.17. The summed E-state index contributed by atoms with van der Waals surface area (Å²) in [5.74, 6) is 0.692. The van der Waals surface area contributed by atoms with Crippen molar-refractivity contribution in [2.75, 3.05) is 26.7 Å². The zero-order chi connectivity index (χ0) is 16.7. The molecule has 3 amide bonds. The molecular formula is C17H25N3O3. The van der Waals surface area contributed by atoms with Crippen molar-refractivity contribution in [3.63, 3.8) is 0 Å². The topological polar surface area (TPSA) is 70.7 Å². The number of hydrogen-bond acceptors (Lipinski definition) is 3. The lowest BCUT2D eigenvalue weighted by Gasteiger charge is -2.32. The number of ether oxygens (including phenoxy) is 1. The maximum Gasteiger partial charge on any atom is 0.315 e. The molecule has 1 aliphatic heterocycles. The van der Waals surface area contributed by atoms with Gasteiger partial charge in [0.1, 0.15) is 5.75 Å². The fourth-order valence-electron chi connectivity index (χ4n) is 2.64. The third-order valence-corrected chi connectivity index (χ3v) is 3.97. The second-order valence-corrected chi connectivity index (χ2v) is 5.70. The van der Waals surface area contributed by atoms with Crippen molar-refractivity contribution in [2.24, 2.45) is 0 Å². The molecule has 0 radical (unpaired) electrons. The van der Waals surface area contributed by atoms with Crippen LogP contribution in [0.15, 0.2) is 24.3 Å². The van der Waals surface area contributed by atoms with Gasteiger partial charge in [0, 0.05) is 31.2 Å². The summed E-state index contributed by atoms with van der Waals surface area (Å²) in [6.45, 7) is 3.99. The van der Waals surface area contributed by atoms with Gasteiger partial charge in [-0.15, -0.1) is 0 Å². The second-order valence-electron chi connectivity index (χ2n) is 5.70. The maximum absolute atomic E-state index is 12.5. The molecule has 6 heteroatoms. The molecule has 0 atom stereocenters. The van der Waals surface area contributed by atoms with Gasteiger partial charge in [-0.3, -0.25) is 4.79 Å². The number of rotatable bonds is 5. The van der Waals surface area contributed by atoms with Gasteiger partial charge in [0.15, 0.2) is 0 Å². The van der Waals surface area contributed by atoms with Gasteiger partial charge in [0.25, 0.3) is 5.91 Å². The third kappa shape index (κ3) is 4.87. The SMILES string of the molecule is CCCNC(=O)NC1CCN(C(=O)c2cccc(OC)c2)CC1. The number of nitrogens with zero attached hydrogens (tertiary/aromatic N) is 1. The first-order chi connectivity index (χ1) is 11.1. The van der Waals surface area contributed by atoms with Crippen LogP contribution < -0.4 is 15.4 Å². The van der Waals surface area contributed by atoms with E-state index in [-0.39, 0.29) is 18.0 Å². The molecule has 1 heterocycles. The molecule has 0 aliphatic carbocycles. The number of methoxy groups -OCH3 is 1. The minimum absolute atomic E-state index is 0.0118. The minimum atomic E-state index is -0.121. The van der Waals surface area contributed by atoms with Crippen LogP contribution in [-0.2, 0) is 0 Å². The van der Waals surface area contributed by atoms with E-state index < -0.39 is 0 Å². The number of hydrogen-bond donors (Lipinski definition) is 2. The Hall–Kier alpha value is -2.24. The van der Waals surface area contributed by atoms with Crippen LogP contribution in [0.5, 0.6) is 5.75 Å². The van der Waals surface area contributed by atoms with Gasteiger partial charge in [0.05, 0.1) is 7.11 Å². The molecular weight excluding hydrogens is 294 g/mol. The maximum atomic E-state index is 12.5. The first-order valence-corrected chi connectivity index (χ1v) is 8.11. The first kappa shape index (κ1) is 17.1. The van der Waals surface area contributed by atoms with Crippen LogP contribution >= 0.6 is 0 Å². The number of amides is 3. The molecule has 23 heavy (non-hydrogen) atoms. The van der Waals surface area contributed by atoms with E-state index in [4.69, 9.17) is 4.74 Å². The lowest BCUT2D eigenvalue weighted by atomic mass is 10.0. The van der Waals surface area contributed by atoms with E-state index in [1.54, 1.807) is 19.2 Å².